The Morgan fingerprint density at radius 3 is 2.68 bits per heavy atom. The second-order valence-electron chi connectivity index (χ2n) is 4.90. The van der Waals surface area contributed by atoms with Crippen molar-refractivity contribution in [1.82, 2.24) is 10.9 Å². The molecule has 0 spiro atoms. The van der Waals surface area contributed by atoms with E-state index in [2.05, 4.69) is 45.0 Å². The topological polar surface area (TPSA) is 42.5 Å². The first-order valence-corrected chi connectivity index (χ1v) is 7.78. The number of ether oxygens (including phenoxy) is 2. The number of hydrogen-bond acceptors (Lipinski definition) is 4. The Morgan fingerprint density at radius 2 is 1.91 bits per heavy atom. The largest absolute Gasteiger partial charge is 0.467 e. The molecule has 1 atom stereocenters. The van der Waals surface area contributed by atoms with Gasteiger partial charge in [-0.05, 0) is 23.8 Å². The van der Waals surface area contributed by atoms with Crippen molar-refractivity contribution in [2.45, 2.75) is 6.04 Å². The predicted octanol–water partition coefficient (Wildman–Crippen LogP) is 3.62. The predicted molar refractivity (Wildman–Crippen MR) is 90.1 cm³/mol. The van der Waals surface area contributed by atoms with Crippen LogP contribution in [0.25, 0.3) is 5.70 Å². The maximum Gasteiger partial charge on any atom is 0.188 e. The number of benzene rings is 2. The standard InChI is InChI=1S/C17H17BrN2O2/c1-21-11-22-16-9-5-8-13(18)17(16)15-10-14(19-20-15)12-6-3-2-4-7-12/h2-10,15,19-20H,11H2,1H3. The van der Waals surface area contributed by atoms with Gasteiger partial charge in [0.1, 0.15) is 5.75 Å². The van der Waals surface area contributed by atoms with Crippen LogP contribution >= 0.6 is 15.9 Å². The van der Waals surface area contributed by atoms with E-state index in [9.17, 15) is 0 Å². The van der Waals surface area contributed by atoms with E-state index < -0.39 is 0 Å². The Kier molecular flexibility index (Phi) is 4.77. The molecule has 2 N–H and O–H groups in total. The van der Waals surface area contributed by atoms with Gasteiger partial charge in [0.2, 0.25) is 0 Å². The molecule has 1 aliphatic heterocycles. The zero-order valence-electron chi connectivity index (χ0n) is 12.2. The van der Waals surface area contributed by atoms with E-state index in [1.165, 1.54) is 0 Å². The highest BCUT2D eigenvalue weighted by atomic mass is 79.9. The van der Waals surface area contributed by atoms with Crippen LogP contribution in [0.5, 0.6) is 5.75 Å². The van der Waals surface area contributed by atoms with Gasteiger partial charge in [-0.1, -0.05) is 52.3 Å². The number of halogens is 1. The molecule has 22 heavy (non-hydrogen) atoms. The first-order valence-electron chi connectivity index (χ1n) is 6.98. The van der Waals surface area contributed by atoms with Crippen LogP contribution in [0.15, 0.2) is 59.1 Å². The minimum absolute atomic E-state index is 0.0117. The summed E-state index contributed by atoms with van der Waals surface area (Å²) in [6, 6.07) is 16.1. The van der Waals surface area contributed by atoms with Crippen LogP contribution in [0.3, 0.4) is 0 Å². The lowest BCUT2D eigenvalue weighted by atomic mass is 10.0. The smallest absolute Gasteiger partial charge is 0.188 e. The molecule has 0 fully saturated rings. The van der Waals surface area contributed by atoms with Gasteiger partial charge in [0.15, 0.2) is 6.79 Å². The molecular formula is C17H17BrN2O2. The number of methoxy groups -OCH3 is 1. The second kappa shape index (κ2) is 6.96. The summed E-state index contributed by atoms with van der Waals surface area (Å²) < 4.78 is 11.7. The molecule has 0 amide bonds. The van der Waals surface area contributed by atoms with Gasteiger partial charge in [0.05, 0.1) is 11.7 Å². The van der Waals surface area contributed by atoms with Gasteiger partial charge < -0.3 is 14.9 Å². The summed E-state index contributed by atoms with van der Waals surface area (Å²) >= 11 is 3.61. The average molecular weight is 361 g/mol. The van der Waals surface area contributed by atoms with Crippen LogP contribution in [0, 0.1) is 0 Å². The lowest BCUT2D eigenvalue weighted by molar-refractivity contribution is 0.0501. The monoisotopic (exact) mass is 360 g/mol. The van der Waals surface area contributed by atoms with Crippen LogP contribution in [-0.4, -0.2) is 13.9 Å². The average Bonchev–Trinajstić information content (AvgIpc) is 3.03. The van der Waals surface area contributed by atoms with E-state index in [-0.39, 0.29) is 12.8 Å². The third-order valence-electron chi connectivity index (χ3n) is 3.44. The van der Waals surface area contributed by atoms with Gasteiger partial charge in [0.25, 0.3) is 0 Å². The molecule has 114 valence electrons. The molecule has 0 aromatic heterocycles. The normalized spacial score (nSPS) is 17.0. The quantitative estimate of drug-likeness (QED) is 0.799. The second-order valence-corrected chi connectivity index (χ2v) is 5.75. The zero-order chi connectivity index (χ0) is 15.4. The molecule has 0 aliphatic carbocycles. The van der Waals surface area contributed by atoms with Crippen LogP contribution < -0.4 is 15.6 Å². The van der Waals surface area contributed by atoms with Crippen molar-refractivity contribution in [3.05, 3.63) is 70.2 Å². The fraction of sp³-hybridized carbons (Fsp3) is 0.176. The fourth-order valence-electron chi connectivity index (χ4n) is 2.41. The molecular weight excluding hydrogens is 344 g/mol. The van der Waals surface area contributed by atoms with Crippen LogP contribution in [-0.2, 0) is 4.74 Å². The zero-order valence-corrected chi connectivity index (χ0v) is 13.8. The molecule has 0 saturated carbocycles. The Balaban J connectivity index is 1.90. The summed E-state index contributed by atoms with van der Waals surface area (Å²) in [5.41, 5.74) is 9.76. The van der Waals surface area contributed by atoms with Crippen LogP contribution in [0.2, 0.25) is 0 Å². The number of rotatable bonds is 5. The maximum atomic E-state index is 5.67. The highest BCUT2D eigenvalue weighted by molar-refractivity contribution is 9.10. The van der Waals surface area contributed by atoms with Crippen molar-refractivity contribution in [3.63, 3.8) is 0 Å². The summed E-state index contributed by atoms with van der Waals surface area (Å²) in [6.07, 6.45) is 2.15. The van der Waals surface area contributed by atoms with Crippen LogP contribution in [0.4, 0.5) is 0 Å². The first-order chi connectivity index (χ1) is 10.8. The third-order valence-corrected chi connectivity index (χ3v) is 4.13. The van der Waals surface area contributed by atoms with Crippen molar-refractivity contribution in [1.29, 1.82) is 0 Å². The Labute approximate surface area is 138 Å². The lowest BCUT2D eigenvalue weighted by Gasteiger charge is -2.16. The number of hydrazine groups is 1. The summed E-state index contributed by atoms with van der Waals surface area (Å²) in [4.78, 5) is 0. The summed E-state index contributed by atoms with van der Waals surface area (Å²) in [5, 5.41) is 0. The summed E-state index contributed by atoms with van der Waals surface area (Å²) in [6.45, 7) is 0.221. The van der Waals surface area contributed by atoms with Crippen molar-refractivity contribution in [2.75, 3.05) is 13.9 Å². The number of hydrogen-bond donors (Lipinski definition) is 2. The van der Waals surface area contributed by atoms with Gasteiger partial charge in [0, 0.05) is 17.1 Å². The van der Waals surface area contributed by atoms with Gasteiger partial charge in [-0.25, -0.2) is 5.43 Å². The van der Waals surface area contributed by atoms with E-state index in [0.29, 0.717) is 0 Å². The molecule has 0 saturated heterocycles. The summed E-state index contributed by atoms with van der Waals surface area (Å²) in [7, 11) is 1.61. The molecule has 1 heterocycles. The maximum absolute atomic E-state index is 5.67. The van der Waals surface area contributed by atoms with E-state index in [1.807, 2.05) is 36.4 Å². The molecule has 4 nitrogen and oxygen atoms in total. The Bertz CT molecular complexity index is 674. The molecule has 1 unspecified atom stereocenters. The molecule has 0 radical (unpaired) electrons. The molecule has 2 aromatic carbocycles. The highest BCUT2D eigenvalue weighted by Crippen LogP contribution is 2.36. The van der Waals surface area contributed by atoms with Gasteiger partial charge in [-0.2, -0.15) is 0 Å². The molecule has 1 aliphatic rings. The van der Waals surface area contributed by atoms with Gasteiger partial charge >= 0.3 is 0 Å². The van der Waals surface area contributed by atoms with Gasteiger partial charge in [-0.15, -0.1) is 0 Å². The minimum Gasteiger partial charge on any atom is -0.467 e. The van der Waals surface area contributed by atoms with E-state index >= 15 is 0 Å². The molecule has 3 rings (SSSR count). The number of nitrogens with one attached hydrogen (secondary N) is 2. The van der Waals surface area contributed by atoms with E-state index in [0.717, 1.165) is 27.0 Å². The molecule has 5 heteroatoms. The Hall–Kier alpha value is -1.82. The third kappa shape index (κ3) is 3.16. The molecule has 2 aromatic rings. The van der Waals surface area contributed by atoms with Crippen molar-refractivity contribution < 1.29 is 9.47 Å². The Morgan fingerprint density at radius 1 is 1.09 bits per heavy atom. The van der Waals surface area contributed by atoms with E-state index in [4.69, 9.17) is 9.47 Å². The van der Waals surface area contributed by atoms with Crippen molar-refractivity contribution in [3.8, 4) is 5.75 Å². The molecule has 0 bridgehead atoms. The fourth-order valence-corrected chi connectivity index (χ4v) is 3.01. The SMILES string of the molecule is COCOc1cccc(Br)c1C1C=C(c2ccccc2)NN1. The van der Waals surface area contributed by atoms with E-state index in [1.54, 1.807) is 7.11 Å². The van der Waals surface area contributed by atoms with Crippen LogP contribution in [0.1, 0.15) is 17.2 Å². The highest BCUT2D eigenvalue weighted by Gasteiger charge is 2.23. The van der Waals surface area contributed by atoms with Crippen molar-refractivity contribution in [2.24, 2.45) is 0 Å². The van der Waals surface area contributed by atoms with Gasteiger partial charge in [-0.3, -0.25) is 0 Å². The lowest BCUT2D eigenvalue weighted by Crippen LogP contribution is -2.26. The van der Waals surface area contributed by atoms with Crippen molar-refractivity contribution >= 4 is 21.6 Å². The summed E-state index contributed by atoms with van der Waals surface area (Å²) in [5.74, 6) is 0.793. The minimum atomic E-state index is 0.0117. The first kappa shape index (κ1) is 15.1.